The average molecular weight is 377 g/mol. The summed E-state index contributed by atoms with van der Waals surface area (Å²) in [6, 6.07) is 0. The average Bonchev–Trinajstić information content (AvgIpc) is 1.93. The first kappa shape index (κ1) is 17.1. The molecule has 0 aliphatic rings. The highest BCUT2D eigenvalue weighted by atomic mass is 127. The van der Waals surface area contributed by atoms with Gasteiger partial charge in [0.2, 0.25) is 5.91 Å². The van der Waals surface area contributed by atoms with Crippen molar-refractivity contribution in [2.24, 2.45) is 0 Å². The molecule has 0 aromatic rings. The summed E-state index contributed by atoms with van der Waals surface area (Å²) in [5, 5.41) is 2.60. The van der Waals surface area contributed by atoms with Crippen LogP contribution < -0.4 is 5.32 Å². The smallest absolute Gasteiger partial charge is 0.267 e. The molecule has 0 aromatic heterocycles. The molecule has 102 valence electrons. The van der Waals surface area contributed by atoms with Gasteiger partial charge in [-0.1, -0.05) is 36.4 Å². The molecule has 7 heteroatoms. The van der Waals surface area contributed by atoms with Crippen LogP contribution in [0.1, 0.15) is 40.5 Å². The predicted octanol–water partition coefficient (Wildman–Crippen LogP) is 1.76. The summed E-state index contributed by atoms with van der Waals surface area (Å²) in [5.74, 6) is -0.692. The van der Waals surface area contributed by atoms with Crippen LogP contribution in [-0.4, -0.2) is 33.6 Å². The van der Waals surface area contributed by atoms with Crippen molar-refractivity contribution in [3.63, 3.8) is 0 Å². The van der Waals surface area contributed by atoms with Crippen LogP contribution in [0.25, 0.3) is 0 Å². The molecule has 17 heavy (non-hydrogen) atoms. The number of halogens is 1. The zero-order valence-corrected chi connectivity index (χ0v) is 13.6. The van der Waals surface area contributed by atoms with Gasteiger partial charge in [-0.15, -0.1) is 0 Å². The van der Waals surface area contributed by atoms with Gasteiger partial charge in [0.15, 0.2) is 0 Å². The molecule has 0 saturated heterocycles. The molecule has 0 spiro atoms. The molecule has 5 nitrogen and oxygen atoms in total. The van der Waals surface area contributed by atoms with Crippen LogP contribution >= 0.6 is 22.6 Å². The molecule has 0 radical (unpaired) electrons. The molecule has 0 aliphatic heterocycles. The summed E-state index contributed by atoms with van der Waals surface area (Å²) in [4.78, 5) is 11.6. The molecule has 0 bridgehead atoms. The van der Waals surface area contributed by atoms with Gasteiger partial charge in [0.05, 0.1) is 11.3 Å². The SMILES string of the molecule is CC(C)(I)CCC(=O)NC(C)(C)CS(=O)(=O)O. The predicted molar refractivity (Wildman–Crippen MR) is 76.0 cm³/mol. The van der Waals surface area contributed by atoms with Crippen LogP contribution in [0.4, 0.5) is 0 Å². The van der Waals surface area contributed by atoms with Gasteiger partial charge in [-0.3, -0.25) is 9.35 Å². The van der Waals surface area contributed by atoms with E-state index in [4.69, 9.17) is 4.55 Å². The third-order valence-corrected chi connectivity index (χ3v) is 3.59. The van der Waals surface area contributed by atoms with Gasteiger partial charge in [-0.2, -0.15) is 8.42 Å². The van der Waals surface area contributed by atoms with E-state index in [1.165, 1.54) is 0 Å². The monoisotopic (exact) mass is 377 g/mol. The molecule has 2 N–H and O–H groups in total. The number of hydrogen-bond donors (Lipinski definition) is 2. The van der Waals surface area contributed by atoms with Crippen molar-refractivity contribution in [2.45, 2.75) is 49.5 Å². The first-order chi connectivity index (χ1) is 7.31. The Balaban J connectivity index is 4.29. The summed E-state index contributed by atoms with van der Waals surface area (Å²) >= 11 is 2.25. The van der Waals surface area contributed by atoms with E-state index in [2.05, 4.69) is 27.9 Å². The Hall–Kier alpha value is 0.110. The van der Waals surface area contributed by atoms with E-state index in [9.17, 15) is 13.2 Å². The van der Waals surface area contributed by atoms with Crippen LogP contribution in [-0.2, 0) is 14.9 Å². The third kappa shape index (κ3) is 11.0. The summed E-state index contributed by atoms with van der Waals surface area (Å²) in [6.45, 7) is 7.16. The normalized spacial score (nSPS) is 13.5. The molecule has 0 fully saturated rings. The Morgan fingerprint density at radius 1 is 1.29 bits per heavy atom. The van der Waals surface area contributed by atoms with Gasteiger partial charge in [-0.05, 0) is 20.3 Å². The first-order valence-electron chi connectivity index (χ1n) is 5.26. The minimum absolute atomic E-state index is 0.0301. The Morgan fingerprint density at radius 2 is 1.76 bits per heavy atom. The van der Waals surface area contributed by atoms with Crippen LogP contribution in [0.5, 0.6) is 0 Å². The molecular formula is C10H20INO4S. The van der Waals surface area contributed by atoms with Crippen LogP contribution in [0.3, 0.4) is 0 Å². The van der Waals surface area contributed by atoms with E-state index in [0.29, 0.717) is 12.8 Å². The van der Waals surface area contributed by atoms with E-state index in [0.717, 1.165) is 0 Å². The van der Waals surface area contributed by atoms with E-state index >= 15 is 0 Å². The van der Waals surface area contributed by atoms with Gasteiger partial charge < -0.3 is 5.32 Å². The quantitative estimate of drug-likeness (QED) is 0.420. The molecular weight excluding hydrogens is 357 g/mol. The number of nitrogens with one attached hydrogen (secondary N) is 1. The van der Waals surface area contributed by atoms with Gasteiger partial charge in [0.1, 0.15) is 0 Å². The topological polar surface area (TPSA) is 83.5 Å². The van der Waals surface area contributed by atoms with E-state index in [1.54, 1.807) is 13.8 Å². The lowest BCUT2D eigenvalue weighted by atomic mass is 10.1. The molecule has 0 aliphatic carbocycles. The van der Waals surface area contributed by atoms with Crippen molar-refractivity contribution in [1.82, 2.24) is 5.32 Å². The van der Waals surface area contributed by atoms with E-state index < -0.39 is 21.4 Å². The molecule has 0 heterocycles. The Labute approximate surface area is 117 Å². The number of hydrogen-bond acceptors (Lipinski definition) is 3. The molecule has 0 saturated carbocycles. The van der Waals surface area contributed by atoms with Gasteiger partial charge in [-0.25, -0.2) is 0 Å². The van der Waals surface area contributed by atoms with Crippen molar-refractivity contribution in [3.05, 3.63) is 0 Å². The zero-order valence-electron chi connectivity index (χ0n) is 10.6. The number of carbonyl (C=O) groups excluding carboxylic acids is 1. The van der Waals surface area contributed by atoms with Gasteiger partial charge in [0, 0.05) is 9.84 Å². The Bertz CT molecular complexity index is 370. The second-order valence-corrected chi connectivity index (χ2v) is 9.75. The number of alkyl halides is 1. The maximum Gasteiger partial charge on any atom is 0.267 e. The van der Waals surface area contributed by atoms with Crippen molar-refractivity contribution in [2.75, 3.05) is 5.75 Å². The highest BCUT2D eigenvalue weighted by Crippen LogP contribution is 2.22. The van der Waals surface area contributed by atoms with Crippen molar-refractivity contribution >= 4 is 38.6 Å². The fourth-order valence-electron chi connectivity index (χ4n) is 1.34. The fourth-order valence-corrected chi connectivity index (χ4v) is 2.60. The summed E-state index contributed by atoms with van der Waals surface area (Å²) in [6.07, 6.45) is 1.05. The Morgan fingerprint density at radius 3 is 2.12 bits per heavy atom. The fraction of sp³-hybridized carbons (Fsp3) is 0.900. The molecule has 0 rings (SSSR count). The second-order valence-electron chi connectivity index (χ2n) is 5.38. The minimum atomic E-state index is -4.09. The van der Waals surface area contributed by atoms with Crippen LogP contribution in [0, 0.1) is 0 Å². The van der Waals surface area contributed by atoms with Crippen molar-refractivity contribution < 1.29 is 17.8 Å². The minimum Gasteiger partial charge on any atom is -0.350 e. The largest absolute Gasteiger partial charge is 0.350 e. The maximum absolute atomic E-state index is 11.6. The van der Waals surface area contributed by atoms with Crippen molar-refractivity contribution in [3.8, 4) is 0 Å². The zero-order chi connectivity index (χ0) is 13.9. The number of carbonyl (C=O) groups is 1. The first-order valence-corrected chi connectivity index (χ1v) is 7.95. The number of rotatable bonds is 6. The van der Waals surface area contributed by atoms with Crippen LogP contribution in [0.15, 0.2) is 0 Å². The van der Waals surface area contributed by atoms with E-state index in [-0.39, 0.29) is 9.33 Å². The molecule has 0 unspecified atom stereocenters. The lowest BCUT2D eigenvalue weighted by molar-refractivity contribution is -0.122. The Kier molecular flexibility index (Phi) is 5.87. The third-order valence-electron chi connectivity index (χ3n) is 1.97. The highest BCUT2D eigenvalue weighted by molar-refractivity contribution is 14.1. The summed E-state index contributed by atoms with van der Waals surface area (Å²) in [7, 11) is -4.09. The van der Waals surface area contributed by atoms with Gasteiger partial charge in [0.25, 0.3) is 10.1 Å². The molecule has 0 aromatic carbocycles. The summed E-state index contributed by atoms with van der Waals surface area (Å²) < 4.78 is 30.3. The second kappa shape index (κ2) is 5.83. The molecule has 1 amide bonds. The van der Waals surface area contributed by atoms with E-state index in [1.807, 2.05) is 13.8 Å². The van der Waals surface area contributed by atoms with Crippen molar-refractivity contribution in [1.29, 1.82) is 0 Å². The molecule has 0 atom stereocenters. The van der Waals surface area contributed by atoms with Crippen LogP contribution in [0.2, 0.25) is 0 Å². The standard InChI is InChI=1S/C10H20INO4S/c1-9(2,11)6-5-8(13)12-10(3,4)7-17(14,15)16/h5-7H2,1-4H3,(H,12,13)(H,14,15,16). The van der Waals surface area contributed by atoms with Gasteiger partial charge >= 0.3 is 0 Å². The summed E-state index contributed by atoms with van der Waals surface area (Å²) in [5.41, 5.74) is -0.958. The number of amides is 1. The lowest BCUT2D eigenvalue weighted by Gasteiger charge is -2.25. The lowest BCUT2D eigenvalue weighted by Crippen LogP contribution is -2.48. The highest BCUT2D eigenvalue weighted by Gasteiger charge is 2.27. The maximum atomic E-state index is 11.6.